The van der Waals surface area contributed by atoms with E-state index in [0.717, 1.165) is 0 Å². The average Bonchev–Trinajstić information content (AvgIpc) is 2.38. The number of hydrogen-bond acceptors (Lipinski definition) is 4. The van der Waals surface area contributed by atoms with E-state index < -0.39 is 9.84 Å². The Labute approximate surface area is 63.4 Å². The van der Waals surface area contributed by atoms with Crippen LogP contribution in [0.2, 0.25) is 0 Å². The fourth-order valence-electron chi connectivity index (χ4n) is 0.525. The van der Waals surface area contributed by atoms with Crippen LogP contribution in [0.15, 0.2) is 21.7 Å². The molecular formula is C5H7NO2S2. The highest BCUT2D eigenvalue weighted by molar-refractivity contribution is 7.91. The Morgan fingerprint density at radius 1 is 1.60 bits per heavy atom. The molecule has 0 aliphatic carbocycles. The standard InChI is InChI=1S/C5H7NO2S2/c6-4-10(7,8)5-1-2-9-3-5/h1-3H,4,6H2. The van der Waals surface area contributed by atoms with Crippen molar-refractivity contribution in [3.05, 3.63) is 16.8 Å². The van der Waals surface area contributed by atoms with Crippen molar-refractivity contribution in [3.8, 4) is 0 Å². The van der Waals surface area contributed by atoms with Crippen molar-refractivity contribution in [2.24, 2.45) is 5.73 Å². The van der Waals surface area contributed by atoms with Crippen molar-refractivity contribution >= 4 is 21.2 Å². The molecule has 0 spiro atoms. The van der Waals surface area contributed by atoms with Crippen LogP contribution in [0.3, 0.4) is 0 Å². The summed E-state index contributed by atoms with van der Waals surface area (Å²) in [5.74, 6) is -0.316. The molecular weight excluding hydrogens is 170 g/mol. The number of nitrogens with two attached hydrogens (primary N) is 1. The van der Waals surface area contributed by atoms with Crippen molar-refractivity contribution in [2.45, 2.75) is 4.90 Å². The number of rotatable bonds is 2. The summed E-state index contributed by atoms with van der Waals surface area (Å²) in [5, 5.41) is 3.28. The van der Waals surface area contributed by atoms with Crippen molar-refractivity contribution in [1.29, 1.82) is 0 Å². The van der Waals surface area contributed by atoms with Crippen LogP contribution in [-0.2, 0) is 9.84 Å². The summed E-state index contributed by atoms with van der Waals surface area (Å²) >= 11 is 1.35. The Hall–Kier alpha value is -0.390. The number of hydrogen-bond donors (Lipinski definition) is 1. The third-order valence-electron chi connectivity index (χ3n) is 1.07. The molecule has 0 saturated carbocycles. The van der Waals surface area contributed by atoms with Gasteiger partial charge < -0.3 is 5.73 Å². The highest BCUT2D eigenvalue weighted by Crippen LogP contribution is 2.12. The molecule has 10 heavy (non-hydrogen) atoms. The predicted octanol–water partition coefficient (Wildman–Crippen LogP) is 0.438. The first-order chi connectivity index (χ1) is 4.67. The van der Waals surface area contributed by atoms with Crippen LogP contribution in [0, 0.1) is 0 Å². The largest absolute Gasteiger partial charge is 0.317 e. The van der Waals surface area contributed by atoms with E-state index in [4.69, 9.17) is 5.73 Å². The molecule has 1 heterocycles. The molecule has 0 saturated heterocycles. The topological polar surface area (TPSA) is 60.2 Å². The summed E-state index contributed by atoms with van der Waals surface area (Å²) in [4.78, 5) is 0.319. The molecule has 0 atom stereocenters. The highest BCUT2D eigenvalue weighted by atomic mass is 32.2. The Kier molecular flexibility index (Phi) is 2.08. The van der Waals surface area contributed by atoms with Gasteiger partial charge in [0.15, 0.2) is 9.84 Å². The lowest BCUT2D eigenvalue weighted by atomic mass is 10.7. The Balaban J connectivity index is 3.09. The molecule has 0 aliphatic heterocycles. The fourth-order valence-corrected chi connectivity index (χ4v) is 2.35. The molecule has 1 aromatic rings. The zero-order valence-electron chi connectivity index (χ0n) is 5.15. The van der Waals surface area contributed by atoms with E-state index in [1.165, 1.54) is 11.3 Å². The third kappa shape index (κ3) is 1.36. The minimum Gasteiger partial charge on any atom is -0.317 e. The summed E-state index contributed by atoms with van der Waals surface area (Å²) in [5.41, 5.74) is 5.01. The van der Waals surface area contributed by atoms with E-state index in [9.17, 15) is 8.42 Å². The third-order valence-corrected chi connectivity index (χ3v) is 3.32. The summed E-state index contributed by atoms with van der Waals surface area (Å²) in [6.07, 6.45) is 0. The normalized spacial score (nSPS) is 11.7. The van der Waals surface area contributed by atoms with E-state index in [1.54, 1.807) is 16.8 Å². The Morgan fingerprint density at radius 2 is 2.30 bits per heavy atom. The molecule has 3 nitrogen and oxygen atoms in total. The van der Waals surface area contributed by atoms with Gasteiger partial charge in [-0.05, 0) is 11.4 Å². The predicted molar refractivity (Wildman–Crippen MR) is 40.6 cm³/mol. The van der Waals surface area contributed by atoms with Crippen molar-refractivity contribution in [1.82, 2.24) is 0 Å². The summed E-state index contributed by atoms with van der Waals surface area (Å²) in [6.45, 7) is 0. The first kappa shape index (κ1) is 7.71. The van der Waals surface area contributed by atoms with Crippen molar-refractivity contribution in [3.63, 3.8) is 0 Å². The first-order valence-corrected chi connectivity index (χ1v) is 5.21. The molecule has 0 aromatic carbocycles. The minimum absolute atomic E-state index is 0.316. The number of sulfone groups is 1. The van der Waals surface area contributed by atoms with Gasteiger partial charge in [0.05, 0.1) is 4.90 Å². The zero-order chi connectivity index (χ0) is 7.61. The molecule has 2 N–H and O–H groups in total. The van der Waals surface area contributed by atoms with Crippen LogP contribution in [0.25, 0.3) is 0 Å². The zero-order valence-corrected chi connectivity index (χ0v) is 6.78. The maximum Gasteiger partial charge on any atom is 0.191 e. The van der Waals surface area contributed by atoms with Gasteiger partial charge in [0, 0.05) is 5.38 Å². The quantitative estimate of drug-likeness (QED) is 0.713. The molecule has 0 radical (unpaired) electrons. The molecule has 5 heteroatoms. The fraction of sp³-hybridized carbons (Fsp3) is 0.200. The van der Waals surface area contributed by atoms with Gasteiger partial charge in [-0.1, -0.05) is 0 Å². The van der Waals surface area contributed by atoms with Gasteiger partial charge in [-0.2, -0.15) is 11.3 Å². The van der Waals surface area contributed by atoms with Crippen molar-refractivity contribution in [2.75, 3.05) is 5.88 Å². The Bertz CT molecular complexity index is 287. The smallest absolute Gasteiger partial charge is 0.191 e. The average molecular weight is 177 g/mol. The van der Waals surface area contributed by atoms with Crippen LogP contribution in [0.5, 0.6) is 0 Å². The summed E-state index contributed by atoms with van der Waals surface area (Å²) < 4.78 is 21.9. The van der Waals surface area contributed by atoms with E-state index in [1.807, 2.05) is 0 Å². The lowest BCUT2D eigenvalue weighted by Crippen LogP contribution is -2.13. The van der Waals surface area contributed by atoms with E-state index >= 15 is 0 Å². The van der Waals surface area contributed by atoms with Crippen LogP contribution < -0.4 is 5.73 Å². The van der Waals surface area contributed by atoms with E-state index in [2.05, 4.69) is 0 Å². The summed E-state index contributed by atoms with van der Waals surface area (Å²) in [7, 11) is -3.17. The Morgan fingerprint density at radius 3 is 2.70 bits per heavy atom. The lowest BCUT2D eigenvalue weighted by Gasteiger charge is -1.93. The minimum atomic E-state index is -3.17. The van der Waals surface area contributed by atoms with Crippen LogP contribution >= 0.6 is 11.3 Å². The van der Waals surface area contributed by atoms with Gasteiger partial charge in [0.1, 0.15) is 5.88 Å². The monoisotopic (exact) mass is 177 g/mol. The van der Waals surface area contributed by atoms with Gasteiger partial charge in [-0.3, -0.25) is 0 Å². The maximum absolute atomic E-state index is 10.9. The van der Waals surface area contributed by atoms with E-state index in [0.29, 0.717) is 4.90 Å². The maximum atomic E-state index is 10.9. The second-order valence-corrected chi connectivity index (χ2v) is 4.55. The van der Waals surface area contributed by atoms with Gasteiger partial charge in [-0.25, -0.2) is 8.42 Å². The molecule has 0 aliphatic rings. The lowest BCUT2D eigenvalue weighted by molar-refractivity contribution is 0.596. The summed E-state index contributed by atoms with van der Waals surface area (Å²) in [6, 6.07) is 1.55. The SMILES string of the molecule is NCS(=O)(=O)c1ccsc1. The molecule has 56 valence electrons. The van der Waals surface area contributed by atoms with Crippen molar-refractivity contribution < 1.29 is 8.42 Å². The van der Waals surface area contributed by atoms with Gasteiger partial charge in [0.25, 0.3) is 0 Å². The molecule has 0 amide bonds. The van der Waals surface area contributed by atoms with Crippen LogP contribution in [0.4, 0.5) is 0 Å². The molecule has 1 rings (SSSR count). The number of thiophene rings is 1. The second kappa shape index (κ2) is 2.69. The molecule has 0 fully saturated rings. The first-order valence-electron chi connectivity index (χ1n) is 2.62. The van der Waals surface area contributed by atoms with Gasteiger partial charge >= 0.3 is 0 Å². The molecule has 0 bridgehead atoms. The van der Waals surface area contributed by atoms with Gasteiger partial charge in [0.2, 0.25) is 0 Å². The van der Waals surface area contributed by atoms with Gasteiger partial charge in [-0.15, -0.1) is 0 Å². The van der Waals surface area contributed by atoms with Crippen LogP contribution in [0.1, 0.15) is 0 Å². The van der Waals surface area contributed by atoms with E-state index in [-0.39, 0.29) is 5.88 Å². The molecule has 0 unspecified atom stereocenters. The molecule has 1 aromatic heterocycles. The highest BCUT2D eigenvalue weighted by Gasteiger charge is 2.10. The van der Waals surface area contributed by atoms with Crippen LogP contribution in [-0.4, -0.2) is 14.3 Å². The second-order valence-electron chi connectivity index (χ2n) is 1.74.